The number of thiazole rings is 1. The van der Waals surface area contributed by atoms with Gasteiger partial charge in [0.1, 0.15) is 5.01 Å². The maximum atomic E-state index is 12.0. The number of hydrogen-bond acceptors (Lipinski definition) is 7. The highest BCUT2D eigenvalue weighted by molar-refractivity contribution is 9.10. The predicted octanol–water partition coefficient (Wildman–Crippen LogP) is 4.46. The van der Waals surface area contributed by atoms with Gasteiger partial charge in [-0.3, -0.25) is 4.79 Å². The van der Waals surface area contributed by atoms with Crippen molar-refractivity contribution in [2.24, 2.45) is 0 Å². The number of carbonyl (C=O) groups is 1. The van der Waals surface area contributed by atoms with E-state index < -0.39 is 0 Å². The molecule has 0 fully saturated rings. The van der Waals surface area contributed by atoms with Crippen molar-refractivity contribution < 1.29 is 4.79 Å². The van der Waals surface area contributed by atoms with Crippen LogP contribution in [0.5, 0.6) is 0 Å². The van der Waals surface area contributed by atoms with Crippen molar-refractivity contribution in [2.45, 2.75) is 11.3 Å². The van der Waals surface area contributed by atoms with Gasteiger partial charge in [0.05, 0.1) is 11.4 Å². The van der Waals surface area contributed by atoms with Crippen LogP contribution in [0.1, 0.15) is 5.01 Å². The van der Waals surface area contributed by atoms with Crippen molar-refractivity contribution in [3.63, 3.8) is 0 Å². The molecule has 0 radical (unpaired) electrons. The summed E-state index contributed by atoms with van der Waals surface area (Å²) in [4.78, 5) is 16.4. The Morgan fingerprint density at radius 2 is 2.09 bits per heavy atom. The zero-order valence-electron chi connectivity index (χ0n) is 11.9. The van der Waals surface area contributed by atoms with Crippen LogP contribution < -0.4 is 5.32 Å². The summed E-state index contributed by atoms with van der Waals surface area (Å²) < 4.78 is 1.82. The average Bonchev–Trinajstić information content (AvgIpc) is 3.15. The van der Waals surface area contributed by atoms with E-state index in [0.29, 0.717) is 10.9 Å². The van der Waals surface area contributed by atoms with Crippen LogP contribution in [0.15, 0.2) is 38.5 Å². The standard InChI is InChI=1S/C14H11BrN4OS3/c1-8-18-19-14(23-8)22-7-12(20)17-13-16-11(6-21-13)9-2-4-10(15)5-3-9/h2-6H,7H2,1H3,(H,16,17,20). The molecule has 0 aliphatic carbocycles. The zero-order valence-corrected chi connectivity index (χ0v) is 16.0. The number of amides is 1. The zero-order chi connectivity index (χ0) is 16.2. The minimum absolute atomic E-state index is 0.0976. The highest BCUT2D eigenvalue weighted by Crippen LogP contribution is 2.27. The van der Waals surface area contributed by atoms with E-state index in [-0.39, 0.29) is 5.91 Å². The number of aryl methyl sites for hydroxylation is 1. The Labute approximate surface area is 153 Å². The Bertz CT molecular complexity index is 816. The van der Waals surface area contributed by atoms with Crippen LogP contribution in [0.2, 0.25) is 0 Å². The van der Waals surface area contributed by atoms with Gasteiger partial charge in [0.25, 0.3) is 0 Å². The molecule has 23 heavy (non-hydrogen) atoms. The smallest absolute Gasteiger partial charge is 0.236 e. The largest absolute Gasteiger partial charge is 0.301 e. The molecule has 0 saturated heterocycles. The Hall–Kier alpha value is -1.29. The van der Waals surface area contributed by atoms with E-state index in [1.807, 2.05) is 36.6 Å². The van der Waals surface area contributed by atoms with Crippen LogP contribution in [0.4, 0.5) is 5.13 Å². The van der Waals surface area contributed by atoms with Crippen LogP contribution >= 0.6 is 50.4 Å². The maximum Gasteiger partial charge on any atom is 0.236 e. The summed E-state index contributed by atoms with van der Waals surface area (Å²) in [6, 6.07) is 7.90. The van der Waals surface area contributed by atoms with Gasteiger partial charge in [0.2, 0.25) is 5.91 Å². The monoisotopic (exact) mass is 426 g/mol. The fraction of sp³-hybridized carbons (Fsp3) is 0.143. The molecule has 9 heteroatoms. The lowest BCUT2D eigenvalue weighted by atomic mass is 10.2. The lowest BCUT2D eigenvalue weighted by molar-refractivity contribution is -0.113. The highest BCUT2D eigenvalue weighted by Gasteiger charge is 2.10. The first-order valence-electron chi connectivity index (χ1n) is 6.54. The van der Waals surface area contributed by atoms with E-state index in [1.54, 1.807) is 0 Å². The van der Waals surface area contributed by atoms with Crippen molar-refractivity contribution in [1.82, 2.24) is 15.2 Å². The molecule has 3 rings (SSSR count). The van der Waals surface area contributed by atoms with Gasteiger partial charge < -0.3 is 5.32 Å². The van der Waals surface area contributed by atoms with Gasteiger partial charge in [0, 0.05) is 15.4 Å². The third-order valence-electron chi connectivity index (χ3n) is 2.72. The molecule has 5 nitrogen and oxygen atoms in total. The van der Waals surface area contributed by atoms with Crippen molar-refractivity contribution in [2.75, 3.05) is 11.1 Å². The summed E-state index contributed by atoms with van der Waals surface area (Å²) >= 11 is 7.68. The molecule has 2 aromatic heterocycles. The van der Waals surface area contributed by atoms with Crippen molar-refractivity contribution in [3.8, 4) is 11.3 Å². The van der Waals surface area contributed by atoms with Crippen molar-refractivity contribution in [1.29, 1.82) is 0 Å². The van der Waals surface area contributed by atoms with E-state index in [1.165, 1.54) is 34.4 Å². The molecule has 2 heterocycles. The SMILES string of the molecule is Cc1nnc(SCC(=O)Nc2nc(-c3ccc(Br)cc3)cs2)s1. The normalized spacial score (nSPS) is 10.7. The van der Waals surface area contributed by atoms with E-state index in [4.69, 9.17) is 0 Å². The Balaban J connectivity index is 1.58. The summed E-state index contributed by atoms with van der Waals surface area (Å²) in [5.41, 5.74) is 1.87. The molecule has 1 amide bonds. The summed E-state index contributed by atoms with van der Waals surface area (Å²) in [5, 5.41) is 14.1. The summed E-state index contributed by atoms with van der Waals surface area (Å²) in [5.74, 6) is 0.196. The highest BCUT2D eigenvalue weighted by atomic mass is 79.9. The van der Waals surface area contributed by atoms with Gasteiger partial charge in [-0.15, -0.1) is 21.5 Å². The van der Waals surface area contributed by atoms with E-state index in [2.05, 4.69) is 36.4 Å². The molecule has 0 spiro atoms. The first kappa shape index (κ1) is 16.6. The molecule has 0 atom stereocenters. The van der Waals surface area contributed by atoms with Gasteiger partial charge in [0.15, 0.2) is 9.47 Å². The molecular formula is C14H11BrN4OS3. The van der Waals surface area contributed by atoms with E-state index >= 15 is 0 Å². The van der Waals surface area contributed by atoms with Gasteiger partial charge in [-0.05, 0) is 19.1 Å². The lowest BCUT2D eigenvalue weighted by Gasteiger charge is -2.00. The second-order valence-corrected chi connectivity index (χ2v) is 8.65. The summed E-state index contributed by atoms with van der Waals surface area (Å²) in [6.45, 7) is 1.89. The van der Waals surface area contributed by atoms with E-state index in [9.17, 15) is 4.79 Å². The third kappa shape index (κ3) is 4.60. The fourth-order valence-electron chi connectivity index (χ4n) is 1.70. The van der Waals surface area contributed by atoms with E-state index in [0.717, 1.165) is 25.1 Å². The van der Waals surface area contributed by atoms with Crippen molar-refractivity contribution >= 4 is 61.4 Å². The number of carbonyl (C=O) groups excluding carboxylic acids is 1. The topological polar surface area (TPSA) is 67.8 Å². The third-order valence-corrected chi connectivity index (χ3v) is 5.98. The first-order valence-corrected chi connectivity index (χ1v) is 10.0. The number of anilines is 1. The molecule has 0 bridgehead atoms. The molecule has 1 aromatic carbocycles. The summed E-state index contributed by atoms with van der Waals surface area (Å²) in [6.07, 6.45) is 0. The van der Waals surface area contributed by atoms with Gasteiger partial charge >= 0.3 is 0 Å². The predicted molar refractivity (Wildman–Crippen MR) is 99.2 cm³/mol. The van der Waals surface area contributed by atoms with Gasteiger partial charge in [-0.2, -0.15) is 0 Å². The Morgan fingerprint density at radius 3 is 2.78 bits per heavy atom. The number of nitrogens with one attached hydrogen (secondary N) is 1. The number of halogens is 1. The summed E-state index contributed by atoms with van der Waals surface area (Å²) in [7, 11) is 0. The second kappa shape index (κ2) is 7.52. The maximum absolute atomic E-state index is 12.0. The molecule has 118 valence electrons. The van der Waals surface area contributed by atoms with Gasteiger partial charge in [-0.1, -0.05) is 51.2 Å². The minimum atomic E-state index is -0.0976. The first-order chi connectivity index (χ1) is 11.1. The molecule has 1 N–H and O–H groups in total. The number of aromatic nitrogens is 3. The Morgan fingerprint density at radius 1 is 1.30 bits per heavy atom. The molecule has 0 unspecified atom stereocenters. The lowest BCUT2D eigenvalue weighted by Crippen LogP contribution is -2.13. The van der Waals surface area contributed by atoms with Crippen LogP contribution in [-0.4, -0.2) is 26.8 Å². The van der Waals surface area contributed by atoms with Crippen LogP contribution in [0, 0.1) is 6.92 Å². The number of hydrogen-bond donors (Lipinski definition) is 1. The molecule has 3 aromatic rings. The fourth-order valence-corrected chi connectivity index (χ4v) is 4.32. The van der Waals surface area contributed by atoms with Crippen LogP contribution in [0.3, 0.4) is 0 Å². The van der Waals surface area contributed by atoms with Crippen LogP contribution in [0.25, 0.3) is 11.3 Å². The second-order valence-electron chi connectivity index (χ2n) is 4.47. The molecular weight excluding hydrogens is 416 g/mol. The van der Waals surface area contributed by atoms with Gasteiger partial charge in [-0.25, -0.2) is 4.98 Å². The van der Waals surface area contributed by atoms with Crippen LogP contribution in [-0.2, 0) is 4.79 Å². The minimum Gasteiger partial charge on any atom is -0.301 e. The number of rotatable bonds is 5. The van der Waals surface area contributed by atoms with Crippen molar-refractivity contribution in [3.05, 3.63) is 39.1 Å². The number of thioether (sulfide) groups is 1. The average molecular weight is 427 g/mol. The molecule has 0 saturated carbocycles. The quantitative estimate of drug-likeness (QED) is 0.609. The molecule has 0 aliphatic heterocycles. The Kier molecular flexibility index (Phi) is 5.42. The number of nitrogens with zero attached hydrogens (tertiary/aromatic N) is 3. The molecule has 0 aliphatic rings. The number of benzene rings is 1.